The number of aliphatic carboxylic acids is 1. The van der Waals surface area contributed by atoms with Gasteiger partial charge >= 0.3 is 5.97 Å². The van der Waals surface area contributed by atoms with E-state index < -0.39 is 17.6 Å². The number of carbonyl (C=O) groups is 1. The number of anilines is 1. The fraction of sp³-hybridized carbons (Fsp3) is 0.182. The van der Waals surface area contributed by atoms with Crippen LogP contribution in [0.3, 0.4) is 0 Å². The van der Waals surface area contributed by atoms with Crippen LogP contribution in [0.25, 0.3) is 0 Å². The fourth-order valence-electron chi connectivity index (χ4n) is 1.02. The highest BCUT2D eigenvalue weighted by Gasteiger charge is 2.02. The van der Waals surface area contributed by atoms with Crippen LogP contribution in [-0.2, 0) is 4.79 Å². The number of carboxylic acids is 1. The van der Waals surface area contributed by atoms with Crippen LogP contribution in [0.15, 0.2) is 29.8 Å². The lowest BCUT2D eigenvalue weighted by molar-refractivity contribution is -0.132. The number of benzene rings is 1. The van der Waals surface area contributed by atoms with Crippen molar-refractivity contribution in [1.82, 2.24) is 0 Å². The number of nitrogens with one attached hydrogen (secondary N) is 1. The number of halogens is 2. The molecule has 0 amide bonds. The van der Waals surface area contributed by atoms with Crippen molar-refractivity contribution in [3.63, 3.8) is 0 Å². The average molecular weight is 227 g/mol. The lowest BCUT2D eigenvalue weighted by Gasteiger charge is -2.03. The Morgan fingerprint density at radius 3 is 2.69 bits per heavy atom. The van der Waals surface area contributed by atoms with Crippen LogP contribution in [0.1, 0.15) is 6.92 Å². The zero-order valence-electron chi connectivity index (χ0n) is 8.63. The Labute approximate surface area is 91.4 Å². The first-order chi connectivity index (χ1) is 7.50. The van der Waals surface area contributed by atoms with Gasteiger partial charge in [0.2, 0.25) is 0 Å². The van der Waals surface area contributed by atoms with Gasteiger partial charge in [0.15, 0.2) is 11.6 Å². The molecule has 86 valence electrons. The van der Waals surface area contributed by atoms with Crippen molar-refractivity contribution in [3.8, 4) is 0 Å². The van der Waals surface area contributed by atoms with Gasteiger partial charge in [0.1, 0.15) is 0 Å². The van der Waals surface area contributed by atoms with Crippen LogP contribution < -0.4 is 5.32 Å². The standard InChI is InChI=1S/C11H11F2NO2/c1-7(11(15)16)4-5-14-8-2-3-9(12)10(13)6-8/h2-4,6,14H,5H2,1H3,(H,15,16)/b7-4-. The first-order valence-electron chi connectivity index (χ1n) is 4.59. The lowest BCUT2D eigenvalue weighted by Crippen LogP contribution is -2.03. The van der Waals surface area contributed by atoms with Crippen LogP contribution in [0, 0.1) is 11.6 Å². The highest BCUT2D eigenvalue weighted by molar-refractivity contribution is 5.85. The van der Waals surface area contributed by atoms with E-state index in [1.54, 1.807) is 0 Å². The summed E-state index contributed by atoms with van der Waals surface area (Å²) < 4.78 is 25.3. The summed E-state index contributed by atoms with van der Waals surface area (Å²) in [7, 11) is 0. The Balaban J connectivity index is 2.59. The van der Waals surface area contributed by atoms with Gasteiger partial charge in [0, 0.05) is 23.9 Å². The van der Waals surface area contributed by atoms with Gasteiger partial charge in [-0.1, -0.05) is 6.08 Å². The smallest absolute Gasteiger partial charge is 0.331 e. The monoisotopic (exact) mass is 227 g/mol. The second-order valence-electron chi connectivity index (χ2n) is 3.20. The molecule has 0 aliphatic heterocycles. The summed E-state index contributed by atoms with van der Waals surface area (Å²) in [6, 6.07) is 3.40. The molecule has 0 saturated carbocycles. The second-order valence-corrected chi connectivity index (χ2v) is 3.20. The average Bonchev–Trinajstić information content (AvgIpc) is 2.23. The lowest BCUT2D eigenvalue weighted by atomic mass is 10.2. The SMILES string of the molecule is C/C(=C/CNc1ccc(F)c(F)c1)C(=O)O. The van der Waals surface area contributed by atoms with Crippen molar-refractivity contribution in [1.29, 1.82) is 0 Å². The molecule has 0 radical (unpaired) electrons. The summed E-state index contributed by atoms with van der Waals surface area (Å²) in [6.07, 6.45) is 1.45. The minimum absolute atomic E-state index is 0.190. The van der Waals surface area contributed by atoms with E-state index in [1.807, 2.05) is 0 Å². The Kier molecular flexibility index (Phi) is 3.99. The minimum atomic E-state index is -1.01. The van der Waals surface area contributed by atoms with Gasteiger partial charge in [-0.05, 0) is 19.1 Å². The number of hydrogen-bond acceptors (Lipinski definition) is 2. The topological polar surface area (TPSA) is 49.3 Å². The molecular formula is C11H11F2NO2. The Bertz CT molecular complexity index is 430. The van der Waals surface area contributed by atoms with E-state index in [0.717, 1.165) is 12.1 Å². The van der Waals surface area contributed by atoms with Crippen molar-refractivity contribution in [2.75, 3.05) is 11.9 Å². The molecule has 0 unspecified atom stereocenters. The van der Waals surface area contributed by atoms with Gasteiger partial charge in [0.25, 0.3) is 0 Å². The molecule has 1 rings (SSSR count). The third-order valence-corrected chi connectivity index (χ3v) is 1.97. The van der Waals surface area contributed by atoms with Gasteiger partial charge in [-0.15, -0.1) is 0 Å². The van der Waals surface area contributed by atoms with Crippen LogP contribution in [0.5, 0.6) is 0 Å². The predicted molar refractivity (Wildman–Crippen MR) is 56.2 cm³/mol. The minimum Gasteiger partial charge on any atom is -0.478 e. The molecule has 0 spiro atoms. The molecule has 0 bridgehead atoms. The molecule has 0 saturated heterocycles. The summed E-state index contributed by atoms with van der Waals surface area (Å²) in [4.78, 5) is 10.4. The molecule has 5 heteroatoms. The van der Waals surface area contributed by atoms with E-state index in [1.165, 1.54) is 19.1 Å². The van der Waals surface area contributed by atoms with Crippen molar-refractivity contribution in [3.05, 3.63) is 41.5 Å². The molecule has 0 atom stereocenters. The molecular weight excluding hydrogens is 216 g/mol. The highest BCUT2D eigenvalue weighted by atomic mass is 19.2. The fourth-order valence-corrected chi connectivity index (χ4v) is 1.02. The summed E-state index contributed by atoms with van der Waals surface area (Å²) in [5.74, 6) is -2.86. The van der Waals surface area contributed by atoms with Gasteiger partial charge in [-0.2, -0.15) is 0 Å². The molecule has 0 heterocycles. The molecule has 3 nitrogen and oxygen atoms in total. The van der Waals surface area contributed by atoms with Gasteiger partial charge in [-0.25, -0.2) is 13.6 Å². The number of rotatable bonds is 4. The molecule has 0 aromatic heterocycles. The first kappa shape index (κ1) is 12.2. The van der Waals surface area contributed by atoms with Crippen molar-refractivity contribution in [2.24, 2.45) is 0 Å². The number of hydrogen-bond donors (Lipinski definition) is 2. The zero-order valence-corrected chi connectivity index (χ0v) is 8.63. The molecule has 16 heavy (non-hydrogen) atoms. The molecule has 0 aliphatic rings. The van der Waals surface area contributed by atoms with Crippen molar-refractivity contribution in [2.45, 2.75) is 6.92 Å². The van der Waals surface area contributed by atoms with Crippen molar-refractivity contribution >= 4 is 11.7 Å². The largest absolute Gasteiger partial charge is 0.478 e. The second kappa shape index (κ2) is 5.25. The van der Waals surface area contributed by atoms with Crippen LogP contribution in [0.2, 0.25) is 0 Å². The van der Waals surface area contributed by atoms with E-state index in [2.05, 4.69) is 5.32 Å². The summed E-state index contributed by atoms with van der Waals surface area (Å²) >= 11 is 0. The van der Waals surface area contributed by atoms with Gasteiger partial charge in [0.05, 0.1) is 0 Å². The van der Waals surface area contributed by atoms with E-state index in [9.17, 15) is 13.6 Å². The van der Waals surface area contributed by atoms with Crippen LogP contribution in [-0.4, -0.2) is 17.6 Å². The third-order valence-electron chi connectivity index (χ3n) is 1.97. The summed E-state index contributed by atoms with van der Waals surface area (Å²) in [6.45, 7) is 1.69. The zero-order chi connectivity index (χ0) is 12.1. The normalized spacial score (nSPS) is 11.3. The third kappa shape index (κ3) is 3.34. The molecule has 1 aromatic carbocycles. The maximum absolute atomic E-state index is 12.8. The maximum atomic E-state index is 12.8. The quantitative estimate of drug-likeness (QED) is 0.776. The van der Waals surface area contributed by atoms with Crippen molar-refractivity contribution < 1.29 is 18.7 Å². The van der Waals surface area contributed by atoms with Gasteiger partial charge < -0.3 is 10.4 Å². The molecule has 0 aliphatic carbocycles. The molecule has 1 aromatic rings. The first-order valence-corrected chi connectivity index (χ1v) is 4.59. The Morgan fingerprint density at radius 1 is 1.44 bits per heavy atom. The number of carboxylic acid groups (broad SMARTS) is 1. The Morgan fingerprint density at radius 2 is 2.12 bits per heavy atom. The predicted octanol–water partition coefficient (Wildman–Crippen LogP) is 2.41. The van der Waals surface area contributed by atoms with E-state index in [-0.39, 0.29) is 12.1 Å². The Hall–Kier alpha value is -1.91. The highest BCUT2D eigenvalue weighted by Crippen LogP contribution is 2.12. The van der Waals surface area contributed by atoms with E-state index in [4.69, 9.17) is 5.11 Å². The summed E-state index contributed by atoms with van der Waals surface area (Å²) in [5.41, 5.74) is 0.587. The molecule has 2 N–H and O–H groups in total. The van der Waals surface area contributed by atoms with Gasteiger partial charge in [-0.3, -0.25) is 0 Å². The molecule has 0 fully saturated rings. The van der Waals surface area contributed by atoms with Crippen LogP contribution in [0.4, 0.5) is 14.5 Å². The van der Waals surface area contributed by atoms with E-state index >= 15 is 0 Å². The maximum Gasteiger partial charge on any atom is 0.331 e. The summed E-state index contributed by atoms with van der Waals surface area (Å²) in [5, 5.41) is 11.3. The van der Waals surface area contributed by atoms with Crippen LogP contribution >= 0.6 is 0 Å². The van der Waals surface area contributed by atoms with E-state index in [0.29, 0.717) is 5.69 Å².